The predicted octanol–water partition coefficient (Wildman–Crippen LogP) is 9.73. The third kappa shape index (κ3) is 16.6. The van der Waals surface area contributed by atoms with Gasteiger partial charge >= 0.3 is 0 Å². The van der Waals surface area contributed by atoms with E-state index in [9.17, 15) is 9.59 Å². The second kappa shape index (κ2) is 27.2. The molecule has 0 aliphatic rings. The fourth-order valence-corrected chi connectivity index (χ4v) is 7.31. The Bertz CT molecular complexity index is 3080. The van der Waals surface area contributed by atoms with Crippen molar-refractivity contribution in [2.75, 3.05) is 5.73 Å². The third-order valence-corrected chi connectivity index (χ3v) is 11.5. The van der Waals surface area contributed by atoms with E-state index in [1.807, 2.05) is 162 Å². The number of carbonyl (C=O) groups is 2. The zero-order valence-corrected chi connectivity index (χ0v) is 44.1. The van der Waals surface area contributed by atoms with Gasteiger partial charge in [-0.05, 0) is 135 Å². The van der Waals surface area contributed by atoms with Crippen LogP contribution in [0.3, 0.4) is 0 Å². The first-order chi connectivity index (χ1) is 32.7. The number of rotatable bonds is 8. The van der Waals surface area contributed by atoms with Crippen LogP contribution < -0.4 is 16.9 Å². The van der Waals surface area contributed by atoms with Gasteiger partial charge in [0, 0.05) is 75.7 Å². The van der Waals surface area contributed by atoms with Crippen molar-refractivity contribution in [1.82, 2.24) is 38.7 Å². The Morgan fingerprint density at radius 3 is 1.44 bits per heavy atom. The Kier molecular flexibility index (Phi) is 22.3. The summed E-state index contributed by atoms with van der Waals surface area (Å²) >= 11 is 3.30. The molecule has 2 unspecified atom stereocenters. The standard InChI is InChI=1S/C25H26N4O.C13H13BrN2O.C11H13N3.2C2H4O2.Pd/c1-17-12-21(10-11-24(17)28-15-19(3)26-16-28)13-23-18(2)14-27-29(25(23)30)20(4)22-8-6-5-7-9-22;1-9-8-15-16(13(17)12(9)14)10(2)11-6-4-3-5-7-11;1-8-5-10(12)3-4-11(8)14-6-9(2)13-7-14;2*1-2(3)4;/h5-12,14-16,20H,13H2,1-4H3;3-8,10H,1-2H3;3-7H,12H2,1-2H3;2*1H3,(H,3,4);. The Labute approximate surface area is 430 Å². The fourth-order valence-electron chi connectivity index (χ4n) is 7.02. The van der Waals surface area contributed by atoms with E-state index >= 15 is 0 Å². The summed E-state index contributed by atoms with van der Waals surface area (Å²) < 4.78 is 7.69. The Hall–Kier alpha value is -7.06. The van der Waals surface area contributed by atoms with Crippen molar-refractivity contribution in [3.8, 4) is 11.4 Å². The van der Waals surface area contributed by atoms with Crippen LogP contribution in [0.1, 0.15) is 95.7 Å². The van der Waals surface area contributed by atoms with Crippen molar-refractivity contribution in [1.29, 1.82) is 0 Å². The monoisotopic (exact) mass is 1100 g/mol. The molecule has 4 aromatic heterocycles. The first-order valence-corrected chi connectivity index (χ1v) is 22.7. The molecule has 0 aliphatic heterocycles. The van der Waals surface area contributed by atoms with Gasteiger partial charge in [0.05, 0.1) is 53.0 Å². The van der Waals surface area contributed by atoms with Gasteiger partial charge < -0.3 is 25.1 Å². The van der Waals surface area contributed by atoms with Gasteiger partial charge in [-0.3, -0.25) is 19.2 Å². The van der Waals surface area contributed by atoms with Crippen LogP contribution in [0.2, 0.25) is 0 Å². The number of carboxylic acids is 2. The first-order valence-electron chi connectivity index (χ1n) is 22.0. The largest absolute Gasteiger partial charge is 0.481 e. The average Bonchev–Trinajstić information content (AvgIpc) is 3.94. The molecule has 0 amide bonds. The predicted molar refractivity (Wildman–Crippen MR) is 275 cm³/mol. The molecule has 0 radical (unpaired) electrons. The maximum atomic E-state index is 13.3. The third-order valence-electron chi connectivity index (χ3n) is 10.6. The number of nitrogens with two attached hydrogens (primary N) is 1. The number of halogens is 1. The fraction of sp³-hybridized carbons (Fsp3) is 0.245. The zero-order chi connectivity index (χ0) is 50.9. The molecule has 4 aromatic carbocycles. The van der Waals surface area contributed by atoms with Crippen LogP contribution in [-0.4, -0.2) is 60.8 Å². The molecule has 0 saturated carbocycles. The molecule has 4 heterocycles. The van der Waals surface area contributed by atoms with Crippen LogP contribution in [0.25, 0.3) is 11.4 Å². The second-order valence-electron chi connectivity index (χ2n) is 16.3. The van der Waals surface area contributed by atoms with Gasteiger partial charge in [0.25, 0.3) is 23.1 Å². The van der Waals surface area contributed by atoms with Gasteiger partial charge in [-0.1, -0.05) is 72.8 Å². The molecular weight excluding hydrogens is 1040 g/mol. The average molecular weight is 1110 g/mol. The molecule has 370 valence electrons. The minimum atomic E-state index is -0.833. The van der Waals surface area contributed by atoms with Gasteiger partial charge in [0.1, 0.15) is 0 Å². The maximum absolute atomic E-state index is 13.3. The molecule has 0 aliphatic carbocycles. The molecular formula is C53H60BrN9O6Pd. The van der Waals surface area contributed by atoms with E-state index in [1.165, 1.54) is 4.68 Å². The number of benzene rings is 4. The number of aryl methyl sites for hydroxylation is 6. The van der Waals surface area contributed by atoms with E-state index < -0.39 is 11.9 Å². The smallest absolute Gasteiger partial charge is 0.300 e. The molecule has 4 N–H and O–H groups in total. The van der Waals surface area contributed by atoms with E-state index in [1.54, 1.807) is 17.1 Å². The Balaban J connectivity index is 0.000000274. The summed E-state index contributed by atoms with van der Waals surface area (Å²) in [7, 11) is 0. The van der Waals surface area contributed by atoms with Gasteiger partial charge in [-0.2, -0.15) is 10.2 Å². The Morgan fingerprint density at radius 1 is 0.614 bits per heavy atom. The molecule has 70 heavy (non-hydrogen) atoms. The summed E-state index contributed by atoms with van der Waals surface area (Å²) in [6, 6.07) is 31.9. The number of aromatic nitrogens is 8. The van der Waals surface area contributed by atoms with Gasteiger partial charge in [0.15, 0.2) is 0 Å². The number of anilines is 1. The summed E-state index contributed by atoms with van der Waals surface area (Å²) in [5.74, 6) is -1.67. The number of imidazole rings is 2. The molecule has 0 saturated heterocycles. The number of carboxylic acid groups (broad SMARTS) is 2. The second-order valence-corrected chi connectivity index (χ2v) is 17.1. The number of hydrogen-bond donors (Lipinski definition) is 3. The zero-order valence-electron chi connectivity index (χ0n) is 40.9. The number of nitrogens with zero attached hydrogens (tertiary/aromatic N) is 8. The van der Waals surface area contributed by atoms with Crippen LogP contribution in [0.5, 0.6) is 0 Å². The van der Waals surface area contributed by atoms with Crippen molar-refractivity contribution in [3.63, 3.8) is 0 Å². The summed E-state index contributed by atoms with van der Waals surface area (Å²) in [4.78, 5) is 51.8. The van der Waals surface area contributed by atoms with Crippen molar-refractivity contribution in [2.24, 2.45) is 0 Å². The summed E-state index contributed by atoms with van der Waals surface area (Å²) in [5.41, 5.74) is 18.7. The molecule has 0 spiro atoms. The normalized spacial score (nSPS) is 11.0. The molecule has 8 rings (SSSR count). The Morgan fingerprint density at radius 2 is 1.03 bits per heavy atom. The quantitative estimate of drug-likeness (QED) is 0.0965. The van der Waals surface area contributed by atoms with Crippen LogP contribution in [-0.2, 0) is 36.4 Å². The SMILES string of the molecule is CC(=O)O.CC(=O)O.Cc1cn(-c2ccc(Cc3c(C)cnn(C(C)c4ccccc4)c3=O)cc2C)cn1.Cc1cn(-c2ccc(N)cc2C)cn1.Cc1cnn(C(C)c2ccccc2)c(=O)c1Br.[Pd]. The van der Waals surface area contributed by atoms with Crippen LogP contribution in [0, 0.1) is 41.5 Å². The minimum absolute atomic E-state index is 0. The van der Waals surface area contributed by atoms with Crippen molar-refractivity contribution >= 4 is 33.6 Å². The minimum Gasteiger partial charge on any atom is -0.481 e. The first kappa shape index (κ1) is 57.3. The number of nitrogen functional groups attached to an aromatic ring is 1. The van der Waals surface area contributed by atoms with E-state index in [4.69, 9.17) is 25.5 Å². The summed E-state index contributed by atoms with van der Waals surface area (Å²) in [5, 5.41) is 23.4. The molecule has 17 heteroatoms. The molecule has 0 fully saturated rings. The summed E-state index contributed by atoms with van der Waals surface area (Å²) in [6.07, 6.45) is 11.7. The molecule has 0 bridgehead atoms. The van der Waals surface area contributed by atoms with Gasteiger partial charge in [-0.25, -0.2) is 19.3 Å². The van der Waals surface area contributed by atoms with Gasteiger partial charge in [-0.15, -0.1) is 0 Å². The van der Waals surface area contributed by atoms with Crippen LogP contribution in [0.15, 0.2) is 149 Å². The molecule has 2 atom stereocenters. The van der Waals surface area contributed by atoms with Crippen LogP contribution in [0.4, 0.5) is 5.69 Å². The van der Waals surface area contributed by atoms with E-state index in [2.05, 4.69) is 61.2 Å². The van der Waals surface area contributed by atoms with Crippen molar-refractivity contribution < 1.29 is 40.2 Å². The van der Waals surface area contributed by atoms with Crippen molar-refractivity contribution in [2.45, 2.75) is 87.7 Å². The van der Waals surface area contributed by atoms with Crippen molar-refractivity contribution in [3.05, 3.63) is 216 Å². The summed E-state index contributed by atoms with van der Waals surface area (Å²) in [6.45, 7) is 18.0. The van der Waals surface area contributed by atoms with Gasteiger partial charge in [0.2, 0.25) is 0 Å². The van der Waals surface area contributed by atoms with E-state index in [0.717, 1.165) is 86.8 Å². The van der Waals surface area contributed by atoms with Crippen LogP contribution >= 0.6 is 15.9 Å². The van der Waals surface area contributed by atoms with E-state index in [-0.39, 0.29) is 43.6 Å². The molecule has 8 aromatic rings. The van der Waals surface area contributed by atoms with E-state index in [0.29, 0.717) is 10.9 Å². The number of hydrogen-bond acceptors (Lipinski definition) is 9. The maximum Gasteiger partial charge on any atom is 0.300 e. The molecule has 15 nitrogen and oxygen atoms in total. The number of aliphatic carboxylic acids is 2. The topological polar surface area (TPSA) is 206 Å².